The van der Waals surface area contributed by atoms with Crippen LogP contribution in [0.25, 0.3) is 5.57 Å². The van der Waals surface area contributed by atoms with Gasteiger partial charge in [0.1, 0.15) is 22.2 Å². The fraction of sp³-hybridized carbons (Fsp3) is 0.524. The Hall–Kier alpha value is -2.70. The molecular weight excluding hydrogens is 724 g/mol. The first kappa shape index (κ1) is 43.0. The summed E-state index contributed by atoms with van der Waals surface area (Å²) in [6.45, 7) is 7.43. The van der Waals surface area contributed by atoms with E-state index in [0.29, 0.717) is 51.8 Å². The number of hydrogen-bond acceptors (Lipinski definition) is 8. The highest BCUT2D eigenvalue weighted by Crippen LogP contribution is 2.44. The molecule has 1 atom stereocenters. The van der Waals surface area contributed by atoms with E-state index in [1.54, 1.807) is 12.1 Å². The van der Waals surface area contributed by atoms with Gasteiger partial charge < -0.3 is 33.7 Å². The minimum absolute atomic E-state index is 0.217. The average molecular weight is 784 g/mol. The number of hydrogen-bond donors (Lipinski definition) is 0. The zero-order valence-corrected chi connectivity index (χ0v) is 35.0. The highest BCUT2D eigenvalue weighted by molar-refractivity contribution is 7.99. The van der Waals surface area contributed by atoms with Gasteiger partial charge in [-0.25, -0.2) is 4.58 Å². The summed E-state index contributed by atoms with van der Waals surface area (Å²) in [4.78, 5) is 14.5. The number of halogens is 1. The van der Waals surface area contributed by atoms with Gasteiger partial charge in [-0.3, -0.25) is 0 Å². The van der Waals surface area contributed by atoms with Crippen molar-refractivity contribution in [3.05, 3.63) is 88.2 Å². The molecule has 8 nitrogen and oxygen atoms in total. The first-order chi connectivity index (χ1) is 25.7. The van der Waals surface area contributed by atoms with E-state index < -0.39 is 14.0 Å². The summed E-state index contributed by atoms with van der Waals surface area (Å²) in [5.41, 5.74) is 6.46. The van der Waals surface area contributed by atoms with Crippen LogP contribution in [0.1, 0.15) is 53.6 Å². The molecule has 0 fully saturated rings. The molecule has 0 unspecified atom stereocenters. The normalized spacial score (nSPS) is 16.4. The number of carboxylic acid groups (broad SMARTS) is 1. The predicted molar refractivity (Wildman–Crippen MR) is 222 cm³/mol. The van der Waals surface area contributed by atoms with Gasteiger partial charge in [0.05, 0.1) is 52.2 Å². The molecule has 53 heavy (non-hydrogen) atoms. The first-order valence-electron chi connectivity index (χ1n) is 19.0. The summed E-state index contributed by atoms with van der Waals surface area (Å²) >= 11 is 7.63. The monoisotopic (exact) mass is 782 g/mol. The predicted octanol–water partition coefficient (Wildman–Crippen LogP) is 5.95. The van der Waals surface area contributed by atoms with Crippen molar-refractivity contribution in [2.45, 2.75) is 44.7 Å². The van der Waals surface area contributed by atoms with Gasteiger partial charge in [-0.1, -0.05) is 49.7 Å². The number of alkyl halides is 1. The van der Waals surface area contributed by atoms with Crippen LogP contribution >= 0.6 is 23.4 Å². The van der Waals surface area contributed by atoms with E-state index in [1.807, 2.05) is 23.9 Å². The van der Waals surface area contributed by atoms with Crippen LogP contribution in [0, 0.1) is 0 Å². The first-order valence-corrected chi connectivity index (χ1v) is 23.4. The Morgan fingerprint density at radius 2 is 1.47 bits per heavy atom. The fourth-order valence-electron chi connectivity index (χ4n) is 6.86. The molecule has 11 heteroatoms. The smallest absolute Gasteiger partial charge is 0.199 e. The van der Waals surface area contributed by atoms with Crippen molar-refractivity contribution in [2.75, 3.05) is 103 Å². The van der Waals surface area contributed by atoms with E-state index in [1.165, 1.54) is 23.2 Å². The Kier molecular flexibility index (Phi) is 18.4. The van der Waals surface area contributed by atoms with Crippen molar-refractivity contribution in [2.24, 2.45) is 0 Å². The number of anilines is 1. The number of carboxylic acids is 1. The molecule has 2 aliphatic rings. The quantitative estimate of drug-likeness (QED) is 0.0529. The van der Waals surface area contributed by atoms with Crippen molar-refractivity contribution in [3.63, 3.8) is 0 Å². The summed E-state index contributed by atoms with van der Waals surface area (Å²) in [6, 6.07) is 15.0. The Morgan fingerprint density at radius 3 is 2.13 bits per heavy atom. The standard InChI is InChI=1S/C42H59ClN2O6SSi/c1-44(2)33-15-17-37-39(31-33)53(5,40-32-34(45(3)4)16-18-38(40)41(37)35-13-8-9-14-36(35)42(46)47)30-12-28-52-29-27-51-26-25-50-24-23-49-22-21-48-20-11-7-6-10-19-43/h8-9,13-18,31-32H,6-7,10-12,19-30H2,1-5H3. The van der Waals surface area contributed by atoms with Crippen LogP contribution in [-0.4, -0.2) is 123 Å². The number of rotatable bonds is 25. The van der Waals surface area contributed by atoms with Crippen molar-refractivity contribution < 1.29 is 33.4 Å². The van der Waals surface area contributed by atoms with Crippen molar-refractivity contribution in [1.82, 2.24) is 0 Å². The Morgan fingerprint density at radius 1 is 0.811 bits per heavy atom. The molecule has 290 valence electrons. The molecule has 0 N–H and O–H groups in total. The van der Waals surface area contributed by atoms with E-state index in [-0.39, 0.29) is 5.56 Å². The number of fused-ring (bicyclic) bond motifs is 2. The van der Waals surface area contributed by atoms with Crippen molar-refractivity contribution in [3.8, 4) is 0 Å². The van der Waals surface area contributed by atoms with E-state index in [4.69, 9.17) is 30.5 Å². The van der Waals surface area contributed by atoms with Crippen LogP contribution in [-0.2, 0) is 18.9 Å². The van der Waals surface area contributed by atoms with Crippen molar-refractivity contribution >= 4 is 59.6 Å². The van der Waals surface area contributed by atoms with Gasteiger partial charge in [-0.15, -0.1) is 11.6 Å². The number of aromatic carboxylic acids is 1. The van der Waals surface area contributed by atoms with Crippen molar-refractivity contribution in [1.29, 1.82) is 0 Å². The molecule has 1 aliphatic carbocycles. The van der Waals surface area contributed by atoms with E-state index >= 15 is 0 Å². The maximum atomic E-state index is 12.4. The average Bonchev–Trinajstić information content (AvgIpc) is 3.15. The van der Waals surface area contributed by atoms with Gasteiger partial charge in [-0.05, 0) is 81.9 Å². The fourth-order valence-corrected chi connectivity index (χ4v) is 12.3. The molecule has 0 radical (unpaired) electrons. The van der Waals surface area contributed by atoms with Gasteiger partial charge in [0.2, 0.25) is 0 Å². The largest absolute Gasteiger partial charge is 0.545 e. The molecule has 2 aromatic rings. The maximum absolute atomic E-state index is 12.4. The Balaban J connectivity index is 1.29. The number of allylic oxidation sites excluding steroid dienone is 5. The van der Waals surface area contributed by atoms with Crippen LogP contribution in [0.3, 0.4) is 0 Å². The molecule has 1 heterocycles. The molecule has 0 saturated carbocycles. The third-order valence-electron chi connectivity index (χ3n) is 9.81. The number of unbranched alkanes of at least 4 members (excludes halogenated alkanes) is 3. The number of thioether (sulfide) groups is 1. The van der Waals surface area contributed by atoms with Crippen LogP contribution in [0.4, 0.5) is 5.69 Å². The lowest BCUT2D eigenvalue weighted by molar-refractivity contribution is -0.462. The van der Waals surface area contributed by atoms with Gasteiger partial charge in [0.25, 0.3) is 0 Å². The molecule has 1 aliphatic heterocycles. The second-order valence-corrected chi connectivity index (χ2v) is 19.9. The number of ether oxygens (including phenoxy) is 4. The Labute approximate surface area is 327 Å². The number of nitrogens with zero attached hydrogens (tertiary/aromatic N) is 2. The lowest BCUT2D eigenvalue weighted by Crippen LogP contribution is -2.52. The van der Waals surface area contributed by atoms with Crippen LogP contribution in [0.15, 0.2) is 71.5 Å². The summed E-state index contributed by atoms with van der Waals surface area (Å²) in [5.74, 6) is 1.57. The molecule has 0 saturated heterocycles. The molecule has 0 aromatic heterocycles. The summed E-state index contributed by atoms with van der Waals surface area (Å²) < 4.78 is 24.8. The number of benzene rings is 2. The lowest BCUT2D eigenvalue weighted by Gasteiger charge is -2.41. The second-order valence-electron chi connectivity index (χ2n) is 14.1. The van der Waals surface area contributed by atoms with Gasteiger partial charge in [-0.2, -0.15) is 11.8 Å². The highest BCUT2D eigenvalue weighted by Gasteiger charge is 2.43. The Bertz CT molecular complexity index is 1620. The molecule has 0 amide bonds. The highest BCUT2D eigenvalue weighted by atomic mass is 35.5. The number of carbonyl (C=O) groups is 1. The third kappa shape index (κ3) is 12.4. The second kappa shape index (κ2) is 22.6. The zero-order chi connectivity index (χ0) is 38.1. The molecular formula is C42H59ClN2O6SSi. The summed E-state index contributed by atoms with van der Waals surface area (Å²) in [6.07, 6.45) is 12.3. The topological polar surface area (TPSA) is 83.3 Å². The molecule has 0 spiro atoms. The minimum atomic E-state index is -2.29. The third-order valence-corrected chi connectivity index (χ3v) is 15.7. The van der Waals surface area contributed by atoms with Gasteiger partial charge in [0.15, 0.2) is 5.71 Å². The maximum Gasteiger partial charge on any atom is 0.199 e. The summed E-state index contributed by atoms with van der Waals surface area (Å²) in [7, 11) is 6.01. The van der Waals surface area contributed by atoms with E-state index in [9.17, 15) is 9.90 Å². The summed E-state index contributed by atoms with van der Waals surface area (Å²) in [5, 5.41) is 15.1. The lowest BCUT2D eigenvalue weighted by atomic mass is 9.87. The van der Waals surface area contributed by atoms with E-state index in [2.05, 4.69) is 80.6 Å². The minimum Gasteiger partial charge on any atom is -0.545 e. The molecule has 2 aromatic carbocycles. The number of carbonyl (C=O) groups excluding carboxylic acids is 1. The zero-order valence-electron chi connectivity index (χ0n) is 32.4. The molecule has 0 bridgehead atoms. The SMILES string of the molecule is CN(C)c1ccc2c(c1)[Si@](C)(CCCSCCOCCOCCOCCOCCCCCCCl)C1=CC(=[N+](C)C)C=CC1=C2c1ccccc1C(=O)[O-]. The van der Waals surface area contributed by atoms with Gasteiger partial charge >= 0.3 is 0 Å². The van der Waals surface area contributed by atoms with Crippen LogP contribution in [0.2, 0.25) is 12.6 Å². The van der Waals surface area contributed by atoms with Crippen LogP contribution < -0.4 is 15.2 Å². The van der Waals surface area contributed by atoms with Gasteiger partial charge in [0, 0.05) is 55.7 Å². The molecule has 4 rings (SSSR count). The van der Waals surface area contributed by atoms with E-state index in [0.717, 1.165) is 77.4 Å². The van der Waals surface area contributed by atoms with Crippen LogP contribution in [0.5, 0.6) is 0 Å².